The fourth-order valence-corrected chi connectivity index (χ4v) is 2.79. The van der Waals surface area contributed by atoms with Crippen molar-refractivity contribution in [3.8, 4) is 5.82 Å². The van der Waals surface area contributed by atoms with Crippen LogP contribution >= 0.6 is 11.8 Å². The number of hydrogen-bond acceptors (Lipinski definition) is 5. The lowest BCUT2D eigenvalue weighted by molar-refractivity contribution is -0.113. The Labute approximate surface area is 138 Å². The van der Waals surface area contributed by atoms with Crippen LogP contribution in [0.1, 0.15) is 5.56 Å². The molecule has 3 aromatic heterocycles. The third kappa shape index (κ3) is 4.17. The van der Waals surface area contributed by atoms with Crippen molar-refractivity contribution in [2.75, 3.05) is 11.1 Å². The summed E-state index contributed by atoms with van der Waals surface area (Å²) in [6.07, 6.45) is 8.63. The molecular formula is C16H15N5OS. The van der Waals surface area contributed by atoms with Crippen LogP contribution in [0.3, 0.4) is 0 Å². The smallest absolute Gasteiger partial charge is 0.234 e. The molecule has 0 unspecified atom stereocenters. The van der Waals surface area contributed by atoms with Crippen molar-refractivity contribution in [2.24, 2.45) is 0 Å². The first-order chi connectivity index (χ1) is 11.3. The Bertz CT molecular complexity index is 761. The second-order valence-corrected chi connectivity index (χ2v) is 5.71. The van der Waals surface area contributed by atoms with E-state index in [1.807, 2.05) is 24.3 Å². The second kappa shape index (κ2) is 7.55. The average molecular weight is 325 g/mol. The summed E-state index contributed by atoms with van der Waals surface area (Å²) in [5.41, 5.74) is 1.79. The molecule has 0 aliphatic heterocycles. The number of rotatable bonds is 6. The van der Waals surface area contributed by atoms with Crippen LogP contribution in [0.2, 0.25) is 0 Å². The molecule has 0 saturated carbocycles. The van der Waals surface area contributed by atoms with Crippen LogP contribution in [0.25, 0.3) is 5.82 Å². The number of nitrogens with one attached hydrogen (secondary N) is 1. The van der Waals surface area contributed by atoms with E-state index in [1.54, 1.807) is 53.5 Å². The van der Waals surface area contributed by atoms with Crippen molar-refractivity contribution in [3.63, 3.8) is 0 Å². The summed E-state index contributed by atoms with van der Waals surface area (Å²) in [6.45, 7) is 0. The first-order valence-electron chi connectivity index (χ1n) is 7.04. The lowest BCUT2D eigenvalue weighted by Crippen LogP contribution is -2.16. The summed E-state index contributed by atoms with van der Waals surface area (Å²) in [5.74, 6) is 1.68. The predicted octanol–water partition coefficient (Wildman–Crippen LogP) is 2.53. The van der Waals surface area contributed by atoms with Crippen LogP contribution < -0.4 is 5.32 Å². The molecule has 0 aliphatic rings. The first-order valence-corrected chi connectivity index (χ1v) is 8.20. The van der Waals surface area contributed by atoms with Gasteiger partial charge in [0.15, 0.2) is 5.82 Å². The summed E-state index contributed by atoms with van der Waals surface area (Å²) < 4.78 is 1.62. The van der Waals surface area contributed by atoms with Crippen LogP contribution in [0, 0.1) is 0 Å². The lowest BCUT2D eigenvalue weighted by Gasteiger charge is -2.09. The molecule has 0 atom stereocenters. The number of pyridine rings is 2. The fraction of sp³-hybridized carbons (Fsp3) is 0.125. The van der Waals surface area contributed by atoms with Gasteiger partial charge in [0.1, 0.15) is 0 Å². The third-order valence-electron chi connectivity index (χ3n) is 3.03. The van der Waals surface area contributed by atoms with E-state index in [4.69, 9.17) is 0 Å². The number of nitrogens with zero attached hydrogens (tertiary/aromatic N) is 4. The van der Waals surface area contributed by atoms with E-state index in [0.717, 1.165) is 11.3 Å². The van der Waals surface area contributed by atoms with E-state index in [2.05, 4.69) is 20.4 Å². The first kappa shape index (κ1) is 15.2. The molecule has 116 valence electrons. The Morgan fingerprint density at radius 3 is 2.78 bits per heavy atom. The molecule has 6 nitrogen and oxygen atoms in total. The molecule has 1 N–H and O–H groups in total. The van der Waals surface area contributed by atoms with Gasteiger partial charge < -0.3 is 5.32 Å². The lowest BCUT2D eigenvalue weighted by atomic mass is 10.3. The minimum Gasteiger partial charge on any atom is -0.322 e. The van der Waals surface area contributed by atoms with Gasteiger partial charge in [0, 0.05) is 36.7 Å². The van der Waals surface area contributed by atoms with Gasteiger partial charge in [-0.2, -0.15) is 5.10 Å². The molecule has 0 bridgehead atoms. The summed E-state index contributed by atoms with van der Waals surface area (Å²) in [6, 6.07) is 9.30. The maximum atomic E-state index is 12.1. The van der Waals surface area contributed by atoms with Gasteiger partial charge in [-0.3, -0.25) is 9.78 Å². The molecule has 0 aromatic carbocycles. The zero-order valence-corrected chi connectivity index (χ0v) is 13.1. The predicted molar refractivity (Wildman–Crippen MR) is 90.4 cm³/mol. The molecule has 3 aromatic rings. The monoisotopic (exact) mass is 325 g/mol. The summed E-state index contributed by atoms with van der Waals surface area (Å²) in [5, 5.41) is 7.04. The van der Waals surface area contributed by atoms with Crippen molar-refractivity contribution in [3.05, 3.63) is 66.9 Å². The Balaban J connectivity index is 1.58. The summed E-state index contributed by atoms with van der Waals surface area (Å²) in [7, 11) is 0. The average Bonchev–Trinajstić information content (AvgIpc) is 3.11. The molecule has 0 saturated heterocycles. The molecule has 0 spiro atoms. The van der Waals surface area contributed by atoms with Gasteiger partial charge >= 0.3 is 0 Å². The Kier molecular flexibility index (Phi) is 5.00. The van der Waals surface area contributed by atoms with Crippen molar-refractivity contribution in [1.82, 2.24) is 19.7 Å². The van der Waals surface area contributed by atoms with Gasteiger partial charge in [-0.1, -0.05) is 0 Å². The highest BCUT2D eigenvalue weighted by Gasteiger charge is 2.09. The van der Waals surface area contributed by atoms with Gasteiger partial charge in [-0.05, 0) is 35.9 Å². The van der Waals surface area contributed by atoms with Crippen LogP contribution in [0.15, 0.2) is 61.3 Å². The SMILES string of the molecule is O=C(CSCc1ccncc1)Nc1cccnc1-n1cccn1. The minimum absolute atomic E-state index is 0.0644. The summed E-state index contributed by atoms with van der Waals surface area (Å²) in [4.78, 5) is 20.4. The molecule has 0 radical (unpaired) electrons. The van der Waals surface area contributed by atoms with Gasteiger partial charge in [-0.25, -0.2) is 9.67 Å². The number of carbonyl (C=O) groups excluding carboxylic acids is 1. The maximum absolute atomic E-state index is 12.1. The number of anilines is 1. The van der Waals surface area contributed by atoms with E-state index in [-0.39, 0.29) is 5.91 Å². The maximum Gasteiger partial charge on any atom is 0.234 e. The van der Waals surface area contributed by atoms with E-state index >= 15 is 0 Å². The van der Waals surface area contributed by atoms with Gasteiger partial charge in [0.2, 0.25) is 5.91 Å². The van der Waals surface area contributed by atoms with Crippen molar-refractivity contribution in [2.45, 2.75) is 5.75 Å². The van der Waals surface area contributed by atoms with Crippen LogP contribution in [-0.4, -0.2) is 31.4 Å². The molecule has 0 aliphatic carbocycles. The Hall–Kier alpha value is -2.67. The van der Waals surface area contributed by atoms with Crippen molar-refractivity contribution >= 4 is 23.4 Å². The van der Waals surface area contributed by atoms with E-state index in [1.165, 1.54) is 0 Å². The quantitative estimate of drug-likeness (QED) is 0.754. The number of amides is 1. The molecule has 7 heteroatoms. The zero-order chi connectivity index (χ0) is 15.9. The zero-order valence-electron chi connectivity index (χ0n) is 12.3. The highest BCUT2D eigenvalue weighted by Crippen LogP contribution is 2.17. The van der Waals surface area contributed by atoms with Crippen molar-refractivity contribution in [1.29, 1.82) is 0 Å². The molecule has 3 rings (SSSR count). The number of hydrogen-bond donors (Lipinski definition) is 1. The third-order valence-corrected chi connectivity index (χ3v) is 4.04. The number of aromatic nitrogens is 4. The topological polar surface area (TPSA) is 72.7 Å². The highest BCUT2D eigenvalue weighted by atomic mass is 32.2. The van der Waals surface area contributed by atoms with Gasteiger partial charge in [-0.15, -0.1) is 11.8 Å². The van der Waals surface area contributed by atoms with E-state index in [0.29, 0.717) is 17.3 Å². The minimum atomic E-state index is -0.0644. The van der Waals surface area contributed by atoms with Crippen LogP contribution in [-0.2, 0) is 10.5 Å². The Morgan fingerprint density at radius 1 is 1.13 bits per heavy atom. The van der Waals surface area contributed by atoms with Crippen molar-refractivity contribution < 1.29 is 4.79 Å². The fourth-order valence-electron chi connectivity index (χ4n) is 2.00. The molecule has 0 fully saturated rings. The molecule has 23 heavy (non-hydrogen) atoms. The number of carbonyl (C=O) groups is 1. The Morgan fingerprint density at radius 2 is 2.00 bits per heavy atom. The van der Waals surface area contributed by atoms with Gasteiger partial charge in [0.25, 0.3) is 0 Å². The highest BCUT2D eigenvalue weighted by molar-refractivity contribution is 7.99. The standard InChI is InChI=1S/C16H15N5OS/c22-15(12-23-11-13-4-8-17-9-5-13)20-14-3-1-6-18-16(14)21-10-2-7-19-21/h1-10H,11-12H2,(H,20,22). The van der Waals surface area contributed by atoms with E-state index < -0.39 is 0 Å². The molecule has 3 heterocycles. The van der Waals surface area contributed by atoms with Gasteiger partial charge in [0.05, 0.1) is 11.4 Å². The van der Waals surface area contributed by atoms with Crippen LogP contribution in [0.4, 0.5) is 5.69 Å². The van der Waals surface area contributed by atoms with E-state index in [9.17, 15) is 4.79 Å². The molecular weight excluding hydrogens is 310 g/mol. The number of thioether (sulfide) groups is 1. The summed E-state index contributed by atoms with van der Waals surface area (Å²) >= 11 is 1.55. The van der Waals surface area contributed by atoms with Crippen LogP contribution in [0.5, 0.6) is 0 Å². The second-order valence-electron chi connectivity index (χ2n) is 4.72. The normalized spacial score (nSPS) is 10.4. The largest absolute Gasteiger partial charge is 0.322 e. The molecule has 1 amide bonds.